The summed E-state index contributed by atoms with van der Waals surface area (Å²) in [5, 5.41) is 7.85. The molecule has 3 rings (SSSR count). The molecule has 0 atom stereocenters. The lowest BCUT2D eigenvalue weighted by molar-refractivity contribution is -0.118. The van der Waals surface area contributed by atoms with Crippen molar-refractivity contribution in [2.24, 2.45) is 0 Å². The van der Waals surface area contributed by atoms with E-state index in [2.05, 4.69) is 10.6 Å². The van der Waals surface area contributed by atoms with Gasteiger partial charge in [-0.2, -0.15) is 0 Å². The number of carbonyl (C=O) groups is 2. The Bertz CT molecular complexity index is 746. The van der Waals surface area contributed by atoms with E-state index in [1.807, 2.05) is 35.7 Å². The summed E-state index contributed by atoms with van der Waals surface area (Å²) in [6, 6.07) is 13.0. The quantitative estimate of drug-likeness (QED) is 0.609. The lowest BCUT2D eigenvalue weighted by Crippen LogP contribution is -2.40. The van der Waals surface area contributed by atoms with Crippen molar-refractivity contribution in [3.05, 3.63) is 64.0 Å². The van der Waals surface area contributed by atoms with Crippen LogP contribution in [-0.4, -0.2) is 17.9 Å². The summed E-state index contributed by atoms with van der Waals surface area (Å²) in [7, 11) is 0. The van der Waals surface area contributed by atoms with Gasteiger partial charge in [-0.3, -0.25) is 9.59 Å². The first-order chi connectivity index (χ1) is 12.7. The summed E-state index contributed by atoms with van der Waals surface area (Å²) < 4.78 is 0. The van der Waals surface area contributed by atoms with Crippen LogP contribution >= 0.6 is 11.3 Å². The Hall–Kier alpha value is -2.40. The first kappa shape index (κ1) is 18.4. The number of benzene rings is 1. The topological polar surface area (TPSA) is 58.2 Å². The van der Waals surface area contributed by atoms with Gasteiger partial charge in [0, 0.05) is 16.5 Å². The van der Waals surface area contributed by atoms with E-state index in [0.29, 0.717) is 11.3 Å². The molecule has 1 aromatic carbocycles. The Kier molecular flexibility index (Phi) is 6.61. The van der Waals surface area contributed by atoms with E-state index in [0.717, 1.165) is 30.6 Å². The molecule has 0 spiro atoms. The molecule has 0 aliphatic heterocycles. The van der Waals surface area contributed by atoms with Crippen LogP contribution in [0.3, 0.4) is 0 Å². The van der Waals surface area contributed by atoms with Crippen LogP contribution in [-0.2, 0) is 4.79 Å². The normalized spacial score (nSPS) is 15.9. The molecule has 1 saturated carbocycles. The van der Waals surface area contributed by atoms with Crippen LogP contribution < -0.4 is 10.6 Å². The average Bonchev–Trinajstić information content (AvgIpc) is 3.04. The Balaban J connectivity index is 1.74. The highest BCUT2D eigenvalue weighted by molar-refractivity contribution is 7.10. The number of carbonyl (C=O) groups excluding carboxylic acids is 2. The molecule has 0 saturated heterocycles. The molecular weight excluding hydrogens is 344 g/mol. The van der Waals surface area contributed by atoms with Gasteiger partial charge in [0.15, 0.2) is 0 Å². The zero-order valence-electron chi connectivity index (χ0n) is 14.7. The fourth-order valence-electron chi connectivity index (χ4n) is 3.14. The van der Waals surface area contributed by atoms with Crippen LogP contribution in [0.25, 0.3) is 6.08 Å². The molecule has 2 N–H and O–H groups in total. The monoisotopic (exact) mass is 368 g/mol. The van der Waals surface area contributed by atoms with Gasteiger partial charge < -0.3 is 10.6 Å². The predicted molar refractivity (Wildman–Crippen MR) is 106 cm³/mol. The third-order valence-electron chi connectivity index (χ3n) is 4.55. The lowest BCUT2D eigenvalue weighted by Gasteiger charge is -2.18. The van der Waals surface area contributed by atoms with Crippen molar-refractivity contribution >= 4 is 29.2 Å². The number of nitrogens with one attached hydrogen (secondary N) is 2. The lowest BCUT2D eigenvalue weighted by atomic mass is 10.1. The number of rotatable bonds is 5. The third-order valence-corrected chi connectivity index (χ3v) is 5.37. The summed E-state index contributed by atoms with van der Waals surface area (Å²) in [6.45, 7) is 0. The summed E-state index contributed by atoms with van der Waals surface area (Å²) >= 11 is 1.53. The minimum atomic E-state index is -0.274. The summed E-state index contributed by atoms with van der Waals surface area (Å²) in [5.74, 6) is -0.487. The van der Waals surface area contributed by atoms with E-state index in [1.165, 1.54) is 24.2 Å². The molecule has 26 heavy (non-hydrogen) atoms. The maximum atomic E-state index is 12.8. The second-order valence-electron chi connectivity index (χ2n) is 6.56. The number of hydrogen-bond donors (Lipinski definition) is 2. The summed E-state index contributed by atoms with van der Waals surface area (Å²) in [4.78, 5) is 26.3. The average molecular weight is 369 g/mol. The van der Waals surface area contributed by atoms with Crippen molar-refractivity contribution in [3.63, 3.8) is 0 Å². The van der Waals surface area contributed by atoms with Crippen LogP contribution in [0.1, 0.15) is 53.8 Å². The molecule has 0 unspecified atom stereocenters. The highest BCUT2D eigenvalue weighted by atomic mass is 32.1. The highest BCUT2D eigenvalue weighted by Gasteiger charge is 2.19. The van der Waals surface area contributed by atoms with Crippen molar-refractivity contribution in [3.8, 4) is 0 Å². The van der Waals surface area contributed by atoms with Crippen molar-refractivity contribution in [2.45, 2.75) is 44.6 Å². The van der Waals surface area contributed by atoms with Crippen LogP contribution in [0, 0.1) is 0 Å². The minimum Gasteiger partial charge on any atom is -0.348 e. The van der Waals surface area contributed by atoms with Crippen LogP contribution in [0.4, 0.5) is 0 Å². The first-order valence-electron chi connectivity index (χ1n) is 9.15. The molecule has 2 aromatic rings. The molecule has 2 amide bonds. The zero-order chi connectivity index (χ0) is 18.2. The van der Waals surface area contributed by atoms with Gasteiger partial charge in [0.25, 0.3) is 11.8 Å². The van der Waals surface area contributed by atoms with Gasteiger partial charge in [0.2, 0.25) is 0 Å². The van der Waals surface area contributed by atoms with E-state index in [1.54, 1.807) is 18.2 Å². The number of amides is 2. The molecule has 4 nitrogen and oxygen atoms in total. The van der Waals surface area contributed by atoms with Crippen molar-refractivity contribution in [1.82, 2.24) is 10.6 Å². The summed E-state index contributed by atoms with van der Waals surface area (Å²) in [5.41, 5.74) is 0.831. The predicted octanol–water partition coefficient (Wildman–Crippen LogP) is 4.36. The fraction of sp³-hybridized carbons (Fsp3) is 0.333. The maximum Gasteiger partial charge on any atom is 0.268 e. The standard InChI is InChI=1S/C21H24N2O2S/c24-20(16-9-4-3-5-10-16)23-19(15-18-13-8-14-26-18)21(25)22-17-11-6-1-2-7-12-17/h3-5,8-10,13-15,17H,1-2,6-7,11-12H2,(H,22,25)(H,23,24)/b19-15-. The van der Waals surface area contributed by atoms with Gasteiger partial charge >= 0.3 is 0 Å². The molecular formula is C21H24N2O2S. The maximum absolute atomic E-state index is 12.8. The van der Waals surface area contributed by atoms with Crippen LogP contribution in [0.2, 0.25) is 0 Å². The largest absolute Gasteiger partial charge is 0.348 e. The van der Waals surface area contributed by atoms with E-state index < -0.39 is 0 Å². The van der Waals surface area contributed by atoms with E-state index in [-0.39, 0.29) is 17.9 Å². The second-order valence-corrected chi connectivity index (χ2v) is 7.53. The molecule has 1 aliphatic rings. The Morgan fingerprint density at radius 2 is 1.69 bits per heavy atom. The fourth-order valence-corrected chi connectivity index (χ4v) is 3.80. The molecule has 136 valence electrons. The zero-order valence-corrected chi connectivity index (χ0v) is 15.6. The molecule has 1 aliphatic carbocycles. The van der Waals surface area contributed by atoms with Crippen molar-refractivity contribution in [2.75, 3.05) is 0 Å². The molecule has 1 fully saturated rings. The van der Waals surface area contributed by atoms with E-state index in [9.17, 15) is 9.59 Å². The van der Waals surface area contributed by atoms with Crippen molar-refractivity contribution in [1.29, 1.82) is 0 Å². The van der Waals surface area contributed by atoms with Gasteiger partial charge in [-0.1, -0.05) is 49.9 Å². The van der Waals surface area contributed by atoms with E-state index in [4.69, 9.17) is 0 Å². The molecule has 1 heterocycles. The van der Waals surface area contributed by atoms with Crippen molar-refractivity contribution < 1.29 is 9.59 Å². The smallest absolute Gasteiger partial charge is 0.268 e. The van der Waals surface area contributed by atoms with E-state index >= 15 is 0 Å². The van der Waals surface area contributed by atoms with Crippen LogP contribution in [0.5, 0.6) is 0 Å². The number of thiophene rings is 1. The second kappa shape index (κ2) is 9.34. The number of hydrogen-bond acceptors (Lipinski definition) is 3. The van der Waals surface area contributed by atoms with Gasteiger partial charge in [-0.15, -0.1) is 11.3 Å². The van der Waals surface area contributed by atoms with Gasteiger partial charge in [0.1, 0.15) is 5.70 Å². The molecule has 0 bridgehead atoms. The Morgan fingerprint density at radius 1 is 0.962 bits per heavy atom. The minimum absolute atomic E-state index is 0.186. The molecule has 5 heteroatoms. The van der Waals surface area contributed by atoms with Gasteiger partial charge in [0.05, 0.1) is 0 Å². The Labute approximate surface area is 158 Å². The van der Waals surface area contributed by atoms with Gasteiger partial charge in [-0.05, 0) is 42.5 Å². The van der Waals surface area contributed by atoms with Gasteiger partial charge in [-0.25, -0.2) is 0 Å². The summed E-state index contributed by atoms with van der Waals surface area (Å²) in [6.07, 6.45) is 8.51. The highest BCUT2D eigenvalue weighted by Crippen LogP contribution is 2.18. The van der Waals surface area contributed by atoms with Crippen LogP contribution in [0.15, 0.2) is 53.5 Å². The third kappa shape index (κ3) is 5.30. The Morgan fingerprint density at radius 3 is 2.35 bits per heavy atom. The molecule has 1 aromatic heterocycles. The first-order valence-corrected chi connectivity index (χ1v) is 10.0. The SMILES string of the molecule is O=C(NC1CCCCCC1)/C(=C/c1cccs1)NC(=O)c1ccccc1. The molecule has 0 radical (unpaired) electrons.